The molecule has 2 aromatic rings. The molecule has 30 heavy (non-hydrogen) atoms. The molecule has 1 unspecified atom stereocenters. The molecule has 2 rings (SSSR count). The molecule has 1 atom stereocenters. The number of guanidine groups is 1. The fraction of sp³-hybridized carbons (Fsp3) is 0.435. The highest BCUT2D eigenvalue weighted by Gasteiger charge is 2.06. The molecule has 0 radical (unpaired) electrons. The highest BCUT2D eigenvalue weighted by atomic mass is 127. The van der Waals surface area contributed by atoms with E-state index in [0.29, 0.717) is 19.7 Å². The van der Waals surface area contributed by atoms with Gasteiger partial charge in [0.2, 0.25) is 0 Å². The Labute approximate surface area is 198 Å². The van der Waals surface area contributed by atoms with Crippen LogP contribution in [-0.4, -0.2) is 57.8 Å². The Morgan fingerprint density at radius 1 is 1.07 bits per heavy atom. The van der Waals surface area contributed by atoms with Crippen LogP contribution in [0.2, 0.25) is 0 Å². The Kier molecular flexibility index (Phi) is 12.2. The summed E-state index contributed by atoms with van der Waals surface area (Å²) in [6, 6.07) is 16.2. The Morgan fingerprint density at radius 2 is 1.80 bits per heavy atom. The van der Waals surface area contributed by atoms with Crippen LogP contribution in [0.5, 0.6) is 11.5 Å². The lowest BCUT2D eigenvalue weighted by atomic mass is 10.2. The SMILES string of the molecule is CN=C(NCc1cccc(OCCN(C)C)c1)NCC(C)Oc1cccc(C)c1.I. The zero-order valence-electron chi connectivity index (χ0n) is 18.6. The minimum absolute atomic E-state index is 0. The molecule has 0 aliphatic heterocycles. The summed E-state index contributed by atoms with van der Waals surface area (Å²) < 4.78 is 11.8. The number of ether oxygens (including phenoxy) is 2. The van der Waals surface area contributed by atoms with E-state index in [1.807, 2.05) is 51.4 Å². The van der Waals surface area contributed by atoms with Crippen LogP contribution < -0.4 is 20.1 Å². The lowest BCUT2D eigenvalue weighted by Crippen LogP contribution is -2.41. The molecule has 6 nitrogen and oxygen atoms in total. The summed E-state index contributed by atoms with van der Waals surface area (Å²) in [5.74, 6) is 2.51. The topological polar surface area (TPSA) is 58.1 Å². The summed E-state index contributed by atoms with van der Waals surface area (Å²) in [6.07, 6.45) is 0.0174. The Balaban J connectivity index is 0.00000450. The first-order valence-corrected chi connectivity index (χ1v) is 10.0. The van der Waals surface area contributed by atoms with Crippen LogP contribution in [0.3, 0.4) is 0 Å². The standard InChI is InChI=1S/C23H34N4O2.HI/c1-18-8-6-11-22(14-18)29-19(2)16-25-23(24-3)26-17-20-9-7-10-21(15-20)28-13-12-27(4)5;/h6-11,14-15,19H,12-13,16-17H2,1-5H3,(H2,24,25,26);1H. The van der Waals surface area contributed by atoms with E-state index in [-0.39, 0.29) is 30.1 Å². The number of hydrogen-bond acceptors (Lipinski definition) is 4. The van der Waals surface area contributed by atoms with Gasteiger partial charge in [-0.3, -0.25) is 4.99 Å². The van der Waals surface area contributed by atoms with Crippen molar-refractivity contribution < 1.29 is 9.47 Å². The molecule has 2 aromatic carbocycles. The first kappa shape index (κ1) is 26.0. The summed E-state index contributed by atoms with van der Waals surface area (Å²) in [6.45, 7) is 6.98. The second kappa shape index (κ2) is 14.1. The molecular formula is C23H35IN4O2. The van der Waals surface area contributed by atoms with Gasteiger partial charge >= 0.3 is 0 Å². The van der Waals surface area contributed by atoms with Gasteiger partial charge in [-0.25, -0.2) is 0 Å². The lowest BCUT2D eigenvalue weighted by Gasteiger charge is -2.18. The first-order valence-electron chi connectivity index (χ1n) is 10.0. The molecule has 0 bridgehead atoms. The second-order valence-corrected chi connectivity index (χ2v) is 7.35. The van der Waals surface area contributed by atoms with E-state index in [1.165, 1.54) is 5.56 Å². The number of rotatable bonds is 10. The minimum atomic E-state index is 0. The molecule has 0 aromatic heterocycles. The van der Waals surface area contributed by atoms with E-state index in [1.54, 1.807) is 7.05 Å². The van der Waals surface area contributed by atoms with Crippen molar-refractivity contribution in [1.82, 2.24) is 15.5 Å². The van der Waals surface area contributed by atoms with Gasteiger partial charge in [0, 0.05) is 20.1 Å². The van der Waals surface area contributed by atoms with Gasteiger partial charge in [-0.05, 0) is 63.3 Å². The van der Waals surface area contributed by atoms with Crippen molar-refractivity contribution in [3.8, 4) is 11.5 Å². The monoisotopic (exact) mass is 526 g/mol. The fourth-order valence-electron chi connectivity index (χ4n) is 2.70. The van der Waals surface area contributed by atoms with Crippen LogP contribution in [0.4, 0.5) is 0 Å². The number of aryl methyl sites for hydroxylation is 1. The van der Waals surface area contributed by atoms with Crippen molar-refractivity contribution in [2.24, 2.45) is 4.99 Å². The maximum absolute atomic E-state index is 5.96. The second-order valence-electron chi connectivity index (χ2n) is 7.35. The van der Waals surface area contributed by atoms with Gasteiger partial charge in [0.25, 0.3) is 0 Å². The van der Waals surface area contributed by atoms with E-state index < -0.39 is 0 Å². The van der Waals surface area contributed by atoms with Crippen LogP contribution in [0.25, 0.3) is 0 Å². The van der Waals surface area contributed by atoms with E-state index in [0.717, 1.165) is 29.6 Å². The Hall–Kier alpha value is -2.00. The molecule has 166 valence electrons. The minimum Gasteiger partial charge on any atom is -0.492 e. The van der Waals surface area contributed by atoms with Gasteiger partial charge in [-0.2, -0.15) is 0 Å². The number of nitrogens with one attached hydrogen (secondary N) is 2. The van der Waals surface area contributed by atoms with Gasteiger partial charge in [-0.1, -0.05) is 24.3 Å². The zero-order valence-corrected chi connectivity index (χ0v) is 21.0. The quantitative estimate of drug-likeness (QED) is 0.281. The largest absolute Gasteiger partial charge is 0.492 e. The van der Waals surface area contributed by atoms with E-state index >= 15 is 0 Å². The average molecular weight is 526 g/mol. The van der Waals surface area contributed by atoms with Crippen molar-refractivity contribution in [1.29, 1.82) is 0 Å². The highest BCUT2D eigenvalue weighted by Crippen LogP contribution is 2.14. The van der Waals surface area contributed by atoms with Gasteiger partial charge in [0.1, 0.15) is 24.2 Å². The molecule has 0 aliphatic rings. The van der Waals surface area contributed by atoms with Gasteiger partial charge in [-0.15, -0.1) is 24.0 Å². The van der Waals surface area contributed by atoms with Crippen LogP contribution in [0.1, 0.15) is 18.1 Å². The molecule has 7 heteroatoms. The van der Waals surface area contributed by atoms with Crippen molar-refractivity contribution >= 4 is 29.9 Å². The van der Waals surface area contributed by atoms with Crippen LogP contribution in [0.15, 0.2) is 53.5 Å². The number of hydrogen-bond donors (Lipinski definition) is 2. The molecule has 0 saturated carbocycles. The van der Waals surface area contributed by atoms with Crippen LogP contribution in [-0.2, 0) is 6.54 Å². The maximum Gasteiger partial charge on any atom is 0.191 e. The van der Waals surface area contributed by atoms with Crippen molar-refractivity contribution in [2.75, 3.05) is 40.8 Å². The predicted molar refractivity (Wildman–Crippen MR) is 135 cm³/mol. The number of aliphatic imine (C=N–C) groups is 1. The summed E-state index contributed by atoms with van der Waals surface area (Å²) in [5, 5.41) is 6.65. The lowest BCUT2D eigenvalue weighted by molar-refractivity contribution is 0.223. The molecule has 0 fully saturated rings. The normalized spacial score (nSPS) is 12.1. The summed E-state index contributed by atoms with van der Waals surface area (Å²) >= 11 is 0. The molecule has 0 amide bonds. The van der Waals surface area contributed by atoms with Crippen molar-refractivity contribution in [2.45, 2.75) is 26.5 Å². The smallest absolute Gasteiger partial charge is 0.191 e. The summed E-state index contributed by atoms with van der Waals surface area (Å²) in [4.78, 5) is 6.39. The third-order valence-corrected chi connectivity index (χ3v) is 4.27. The average Bonchev–Trinajstić information content (AvgIpc) is 2.68. The number of halogens is 1. The van der Waals surface area contributed by atoms with Crippen LogP contribution >= 0.6 is 24.0 Å². The molecule has 0 heterocycles. The third kappa shape index (κ3) is 10.2. The number of nitrogens with zero attached hydrogens (tertiary/aromatic N) is 2. The van der Waals surface area contributed by atoms with Crippen molar-refractivity contribution in [3.63, 3.8) is 0 Å². The zero-order chi connectivity index (χ0) is 21.1. The molecule has 0 spiro atoms. The van der Waals surface area contributed by atoms with Gasteiger partial charge in [0.05, 0.1) is 6.54 Å². The van der Waals surface area contributed by atoms with Gasteiger partial charge < -0.3 is 25.0 Å². The number of benzene rings is 2. The van der Waals surface area contributed by atoms with Crippen LogP contribution in [0, 0.1) is 6.92 Å². The molecule has 2 N–H and O–H groups in total. The number of likely N-dealkylation sites (N-methyl/N-ethyl adjacent to an activating group) is 1. The van der Waals surface area contributed by atoms with E-state index in [4.69, 9.17) is 9.47 Å². The third-order valence-electron chi connectivity index (χ3n) is 4.27. The Bertz CT molecular complexity index is 783. The van der Waals surface area contributed by atoms with E-state index in [2.05, 4.69) is 45.6 Å². The van der Waals surface area contributed by atoms with Crippen molar-refractivity contribution in [3.05, 3.63) is 59.7 Å². The van der Waals surface area contributed by atoms with E-state index in [9.17, 15) is 0 Å². The molecular weight excluding hydrogens is 491 g/mol. The van der Waals surface area contributed by atoms with Gasteiger partial charge in [0.15, 0.2) is 5.96 Å². The molecule has 0 saturated heterocycles. The summed E-state index contributed by atoms with van der Waals surface area (Å²) in [7, 11) is 5.84. The Morgan fingerprint density at radius 3 is 2.50 bits per heavy atom. The first-order chi connectivity index (χ1) is 14.0. The predicted octanol–water partition coefficient (Wildman–Crippen LogP) is 3.69. The summed E-state index contributed by atoms with van der Waals surface area (Å²) in [5.41, 5.74) is 2.33. The maximum atomic E-state index is 5.96. The molecule has 0 aliphatic carbocycles. The highest BCUT2D eigenvalue weighted by molar-refractivity contribution is 14.0. The fourth-order valence-corrected chi connectivity index (χ4v) is 2.70.